The van der Waals surface area contributed by atoms with Crippen LogP contribution >= 0.6 is 11.6 Å². The monoisotopic (exact) mass is 262 g/mol. The van der Waals surface area contributed by atoms with E-state index in [-0.39, 0.29) is 11.4 Å². The molecule has 0 aliphatic carbocycles. The molecule has 1 rings (SSSR count). The van der Waals surface area contributed by atoms with Crippen LogP contribution in [0.2, 0.25) is 5.02 Å². The van der Waals surface area contributed by atoms with Crippen LogP contribution in [0.5, 0.6) is 0 Å². The molecule has 1 unspecified atom stereocenters. The summed E-state index contributed by atoms with van der Waals surface area (Å²) in [5, 5.41) is 2.95. The van der Waals surface area contributed by atoms with Gasteiger partial charge >= 0.3 is 5.97 Å². The summed E-state index contributed by atoms with van der Waals surface area (Å²) >= 11 is 3.48. The van der Waals surface area contributed by atoms with E-state index < -0.39 is 17.0 Å². The van der Waals surface area contributed by atoms with E-state index in [4.69, 9.17) is 11.6 Å². The predicted octanol–water partition coefficient (Wildman–Crippen LogP) is 1.38. The maximum absolute atomic E-state index is 11.4. The van der Waals surface area contributed by atoms with E-state index in [0.717, 1.165) is 0 Å². The number of anilines is 1. The topological polar surface area (TPSA) is 78.5 Å². The van der Waals surface area contributed by atoms with Gasteiger partial charge in [-0.25, -0.2) is 4.79 Å². The fourth-order valence-corrected chi connectivity index (χ4v) is 1.53. The van der Waals surface area contributed by atoms with Crippen LogP contribution in [0.3, 0.4) is 0 Å². The Kier molecular flexibility index (Phi) is 4.72. The highest BCUT2D eigenvalue weighted by Crippen LogP contribution is 2.21. The highest BCUT2D eigenvalue weighted by atomic mass is 35.5. The summed E-state index contributed by atoms with van der Waals surface area (Å²) in [6.07, 6.45) is 0. The van der Waals surface area contributed by atoms with Crippen LogP contribution in [0.15, 0.2) is 18.2 Å². The fourth-order valence-electron chi connectivity index (χ4n) is 1.09. The Bertz CT molecular complexity index is 424. The van der Waals surface area contributed by atoms with E-state index in [1.54, 1.807) is 6.07 Å². The molecule has 0 aliphatic heterocycles. The number of ether oxygens (including phenoxy) is 1. The van der Waals surface area contributed by atoms with Crippen molar-refractivity contribution in [1.82, 2.24) is 0 Å². The van der Waals surface area contributed by atoms with Gasteiger partial charge in [0.1, 0.15) is 0 Å². The van der Waals surface area contributed by atoms with Crippen molar-refractivity contribution in [2.75, 3.05) is 18.3 Å². The molecule has 0 aliphatic rings. The summed E-state index contributed by atoms with van der Waals surface area (Å²) in [6.45, 7) is 0. The Morgan fingerprint density at radius 3 is 2.88 bits per heavy atom. The molecule has 7 heteroatoms. The van der Waals surface area contributed by atoms with Crippen molar-refractivity contribution in [2.45, 2.75) is 0 Å². The van der Waals surface area contributed by atoms with Crippen LogP contribution in [0.25, 0.3) is 0 Å². The molecule has 1 N–H and O–H groups in total. The van der Waals surface area contributed by atoms with E-state index in [2.05, 4.69) is 10.1 Å². The van der Waals surface area contributed by atoms with Gasteiger partial charge in [-0.1, -0.05) is 11.6 Å². The zero-order chi connectivity index (χ0) is 12.1. The fraction of sp³-hybridized carbons (Fsp3) is 0.222. The van der Waals surface area contributed by atoms with Gasteiger partial charge in [-0.2, -0.15) is 0 Å². The number of hydrogen-bond donors (Lipinski definition) is 1. The van der Waals surface area contributed by atoms with Gasteiger partial charge in [0.25, 0.3) is 0 Å². The van der Waals surface area contributed by atoms with Crippen LogP contribution in [0.1, 0.15) is 10.4 Å². The largest absolute Gasteiger partial charge is 0.771 e. The molecule has 0 bridgehead atoms. The summed E-state index contributed by atoms with van der Waals surface area (Å²) in [5.74, 6) is -0.868. The van der Waals surface area contributed by atoms with Crippen molar-refractivity contribution in [3.8, 4) is 0 Å². The van der Waals surface area contributed by atoms with E-state index >= 15 is 0 Å². The lowest BCUT2D eigenvalue weighted by Crippen LogP contribution is -2.12. The Morgan fingerprint density at radius 1 is 1.62 bits per heavy atom. The lowest BCUT2D eigenvalue weighted by Gasteiger charge is -2.12. The highest BCUT2D eigenvalue weighted by molar-refractivity contribution is 7.79. The van der Waals surface area contributed by atoms with Crippen LogP contribution in [0, 0.1) is 0 Å². The second-order valence-corrected chi connectivity index (χ2v) is 4.14. The van der Waals surface area contributed by atoms with Crippen molar-refractivity contribution in [3.05, 3.63) is 28.8 Å². The molecule has 0 aromatic heterocycles. The first-order valence-electron chi connectivity index (χ1n) is 4.22. The number of benzene rings is 1. The first-order chi connectivity index (χ1) is 7.54. The number of carbonyl (C=O) groups is 1. The number of hydrogen-bond acceptors (Lipinski definition) is 5. The zero-order valence-corrected chi connectivity index (χ0v) is 9.93. The summed E-state index contributed by atoms with van der Waals surface area (Å²) in [5.41, 5.74) is 0.556. The SMILES string of the molecule is COC(=O)c1cc(Cl)ccc1NCS(=O)[O-]. The third kappa shape index (κ3) is 3.48. The van der Waals surface area contributed by atoms with E-state index in [0.29, 0.717) is 10.7 Å². The molecule has 1 aromatic carbocycles. The second kappa shape index (κ2) is 5.83. The number of methoxy groups -OCH3 is 1. The lowest BCUT2D eigenvalue weighted by molar-refractivity contribution is 0.0602. The van der Waals surface area contributed by atoms with Gasteiger partial charge < -0.3 is 14.6 Å². The normalized spacial score (nSPS) is 11.9. The molecule has 0 saturated carbocycles. The third-order valence-electron chi connectivity index (χ3n) is 1.77. The quantitative estimate of drug-likeness (QED) is 0.655. The maximum atomic E-state index is 11.4. The average molecular weight is 263 g/mol. The molecule has 16 heavy (non-hydrogen) atoms. The van der Waals surface area contributed by atoms with E-state index in [9.17, 15) is 13.6 Å². The predicted molar refractivity (Wildman–Crippen MR) is 60.2 cm³/mol. The minimum Gasteiger partial charge on any atom is -0.771 e. The molecule has 1 atom stereocenters. The second-order valence-electron chi connectivity index (χ2n) is 2.81. The Balaban J connectivity index is 2.98. The van der Waals surface area contributed by atoms with Crippen molar-refractivity contribution in [3.63, 3.8) is 0 Å². The number of nitrogens with one attached hydrogen (secondary N) is 1. The Morgan fingerprint density at radius 2 is 2.31 bits per heavy atom. The molecule has 0 spiro atoms. The third-order valence-corrected chi connectivity index (χ3v) is 2.38. The summed E-state index contributed by atoms with van der Waals surface area (Å²) in [4.78, 5) is 11.4. The smallest absolute Gasteiger partial charge is 0.340 e. The average Bonchev–Trinajstić information content (AvgIpc) is 2.26. The zero-order valence-electron chi connectivity index (χ0n) is 8.36. The van der Waals surface area contributed by atoms with Crippen molar-refractivity contribution < 1.29 is 18.3 Å². The molecular formula is C9H9ClNO4S-. The lowest BCUT2D eigenvalue weighted by atomic mass is 10.2. The van der Waals surface area contributed by atoms with Crippen LogP contribution in [-0.4, -0.2) is 27.7 Å². The number of esters is 1. The van der Waals surface area contributed by atoms with Gasteiger partial charge in [0.05, 0.1) is 18.6 Å². The van der Waals surface area contributed by atoms with Gasteiger partial charge in [0, 0.05) is 10.7 Å². The Hall–Kier alpha value is -1.11. The van der Waals surface area contributed by atoms with Crippen molar-refractivity contribution in [1.29, 1.82) is 0 Å². The summed E-state index contributed by atoms with van der Waals surface area (Å²) in [6, 6.07) is 4.47. The minimum atomic E-state index is -2.24. The van der Waals surface area contributed by atoms with Crippen LogP contribution < -0.4 is 5.32 Å². The van der Waals surface area contributed by atoms with Gasteiger partial charge in [0.15, 0.2) is 0 Å². The molecule has 0 radical (unpaired) electrons. The van der Waals surface area contributed by atoms with Gasteiger partial charge in [0.2, 0.25) is 0 Å². The Labute approximate surface area is 100 Å². The van der Waals surface area contributed by atoms with Crippen molar-refractivity contribution >= 4 is 34.3 Å². The minimum absolute atomic E-state index is 0.195. The van der Waals surface area contributed by atoms with E-state index in [1.165, 1.54) is 19.2 Å². The molecule has 5 nitrogen and oxygen atoms in total. The van der Waals surface area contributed by atoms with Gasteiger partial charge in [-0.05, 0) is 29.3 Å². The number of carbonyl (C=O) groups excluding carboxylic acids is 1. The maximum Gasteiger partial charge on any atom is 0.340 e. The molecule has 0 amide bonds. The first kappa shape index (κ1) is 13.0. The molecule has 88 valence electrons. The van der Waals surface area contributed by atoms with Gasteiger partial charge in [-0.15, -0.1) is 0 Å². The molecule has 0 fully saturated rings. The summed E-state index contributed by atoms with van der Waals surface area (Å²) in [7, 11) is 1.23. The van der Waals surface area contributed by atoms with E-state index in [1.807, 2.05) is 0 Å². The summed E-state index contributed by atoms with van der Waals surface area (Å²) < 4.78 is 25.3. The number of rotatable bonds is 4. The molecule has 0 saturated heterocycles. The highest BCUT2D eigenvalue weighted by Gasteiger charge is 2.11. The number of halogens is 1. The van der Waals surface area contributed by atoms with Gasteiger partial charge in [-0.3, -0.25) is 4.21 Å². The first-order valence-corrected chi connectivity index (χ1v) is 5.84. The standard InChI is InChI=1S/C9H10ClNO4S/c1-15-9(12)7-4-6(10)2-3-8(7)11-5-16(13)14/h2-4,11H,5H2,1H3,(H,13,14)/p-1. The van der Waals surface area contributed by atoms with Crippen LogP contribution in [-0.2, 0) is 15.8 Å². The van der Waals surface area contributed by atoms with Crippen LogP contribution in [0.4, 0.5) is 5.69 Å². The molecule has 0 heterocycles. The molecular weight excluding hydrogens is 254 g/mol. The van der Waals surface area contributed by atoms with Crippen molar-refractivity contribution in [2.24, 2.45) is 0 Å². The molecule has 1 aromatic rings.